The monoisotopic (exact) mass is 246 g/mol. The maximum Gasteiger partial charge on any atom is 0.146 e. The lowest BCUT2D eigenvalue weighted by Crippen LogP contribution is -2.10. The number of nitrogens with zero attached hydrogens (tertiary/aromatic N) is 3. The Bertz CT molecular complexity index is 542. The molecule has 0 fully saturated rings. The van der Waals surface area contributed by atoms with Gasteiger partial charge >= 0.3 is 0 Å². The molecule has 0 atom stereocenters. The first-order valence-electron chi connectivity index (χ1n) is 5.82. The second-order valence-corrected chi connectivity index (χ2v) is 4.05. The molecule has 4 nitrogen and oxygen atoms in total. The predicted molar refractivity (Wildman–Crippen MR) is 66.3 cm³/mol. The van der Waals surface area contributed by atoms with Crippen molar-refractivity contribution in [3.05, 3.63) is 53.1 Å². The summed E-state index contributed by atoms with van der Waals surface area (Å²) in [5, 5.41) is 0. The third-order valence-corrected chi connectivity index (χ3v) is 2.55. The Kier molecular flexibility index (Phi) is 3.94. The van der Waals surface area contributed by atoms with Gasteiger partial charge in [-0.1, -0.05) is 12.1 Å². The molecule has 0 aliphatic rings. The first kappa shape index (κ1) is 12.6. The van der Waals surface area contributed by atoms with Crippen molar-refractivity contribution in [2.75, 3.05) is 0 Å². The molecule has 2 N–H and O–H groups in total. The van der Waals surface area contributed by atoms with Gasteiger partial charge in [-0.05, 0) is 31.0 Å². The van der Waals surface area contributed by atoms with Crippen molar-refractivity contribution in [1.82, 2.24) is 15.0 Å². The lowest BCUT2D eigenvalue weighted by atomic mass is 10.1. The number of hydrogen-bond donors (Lipinski definition) is 1. The van der Waals surface area contributed by atoms with Crippen LogP contribution in [0.2, 0.25) is 0 Å². The Morgan fingerprint density at radius 1 is 1.11 bits per heavy atom. The zero-order valence-corrected chi connectivity index (χ0v) is 10.2. The van der Waals surface area contributed by atoms with Gasteiger partial charge in [-0.25, -0.2) is 19.3 Å². The number of halogens is 1. The summed E-state index contributed by atoms with van der Waals surface area (Å²) < 4.78 is 13.0. The van der Waals surface area contributed by atoms with Gasteiger partial charge in [-0.2, -0.15) is 0 Å². The van der Waals surface area contributed by atoms with Gasteiger partial charge in [0.25, 0.3) is 0 Å². The molecule has 0 aliphatic heterocycles. The van der Waals surface area contributed by atoms with Crippen LogP contribution < -0.4 is 5.73 Å². The molecule has 0 aliphatic carbocycles. The summed E-state index contributed by atoms with van der Waals surface area (Å²) in [4.78, 5) is 12.6. The van der Waals surface area contributed by atoms with Gasteiger partial charge in [0.15, 0.2) is 0 Å². The summed E-state index contributed by atoms with van der Waals surface area (Å²) in [6.45, 7) is 2.11. The Labute approximate surface area is 105 Å². The second-order valence-electron chi connectivity index (χ2n) is 4.05. The van der Waals surface area contributed by atoms with E-state index in [-0.39, 0.29) is 5.82 Å². The molecule has 1 aromatic carbocycles. The van der Waals surface area contributed by atoms with Gasteiger partial charge in [0.1, 0.15) is 23.3 Å². The van der Waals surface area contributed by atoms with Crippen LogP contribution in [-0.4, -0.2) is 15.0 Å². The summed E-state index contributed by atoms with van der Waals surface area (Å²) in [5.74, 6) is 1.74. The van der Waals surface area contributed by atoms with Crippen molar-refractivity contribution in [3.63, 3.8) is 0 Å². The predicted octanol–water partition coefficient (Wildman–Crippen LogP) is 1.56. The Morgan fingerprint density at radius 3 is 2.61 bits per heavy atom. The van der Waals surface area contributed by atoms with Crippen LogP contribution in [0.25, 0.3) is 0 Å². The van der Waals surface area contributed by atoms with E-state index in [1.54, 1.807) is 6.07 Å². The fourth-order valence-corrected chi connectivity index (χ4v) is 1.75. The molecule has 2 rings (SSSR count). The summed E-state index contributed by atoms with van der Waals surface area (Å²) in [6.07, 6.45) is 1.35. The molecule has 0 amide bonds. The van der Waals surface area contributed by atoms with Gasteiger partial charge in [0.2, 0.25) is 0 Å². The average Bonchev–Trinajstić information content (AvgIpc) is 2.36. The van der Waals surface area contributed by atoms with E-state index >= 15 is 0 Å². The SMILES string of the molecule is Cc1nc(CN)nc(CCc2cccc(F)c2)n1. The molecule has 0 saturated carbocycles. The van der Waals surface area contributed by atoms with E-state index in [0.29, 0.717) is 36.9 Å². The first-order valence-corrected chi connectivity index (χ1v) is 5.82. The minimum Gasteiger partial charge on any atom is -0.324 e. The average molecular weight is 246 g/mol. The standard InChI is InChI=1S/C13H15FN4/c1-9-16-12(18-13(8-15)17-9)6-5-10-3-2-4-11(14)7-10/h2-4,7H,5-6,8,15H2,1H3. The Hall–Kier alpha value is -1.88. The van der Waals surface area contributed by atoms with Crippen LogP contribution in [0.3, 0.4) is 0 Å². The van der Waals surface area contributed by atoms with Crippen molar-refractivity contribution in [1.29, 1.82) is 0 Å². The second kappa shape index (κ2) is 5.64. The van der Waals surface area contributed by atoms with E-state index < -0.39 is 0 Å². The summed E-state index contributed by atoms with van der Waals surface area (Å²) in [5.41, 5.74) is 6.45. The van der Waals surface area contributed by atoms with Crippen LogP contribution in [0.1, 0.15) is 23.0 Å². The van der Waals surface area contributed by atoms with Crippen LogP contribution in [0, 0.1) is 12.7 Å². The topological polar surface area (TPSA) is 64.7 Å². The number of aryl methyl sites for hydroxylation is 3. The number of hydrogen-bond acceptors (Lipinski definition) is 4. The molecular weight excluding hydrogens is 231 g/mol. The van der Waals surface area contributed by atoms with Crippen molar-refractivity contribution in [3.8, 4) is 0 Å². The van der Waals surface area contributed by atoms with Crippen LogP contribution in [-0.2, 0) is 19.4 Å². The highest BCUT2D eigenvalue weighted by Crippen LogP contribution is 2.07. The van der Waals surface area contributed by atoms with Crippen LogP contribution in [0.4, 0.5) is 4.39 Å². The zero-order chi connectivity index (χ0) is 13.0. The fraction of sp³-hybridized carbons (Fsp3) is 0.308. The molecule has 1 heterocycles. The highest BCUT2D eigenvalue weighted by atomic mass is 19.1. The van der Waals surface area contributed by atoms with E-state index in [4.69, 9.17) is 5.73 Å². The third kappa shape index (κ3) is 3.30. The van der Waals surface area contributed by atoms with E-state index in [1.165, 1.54) is 12.1 Å². The van der Waals surface area contributed by atoms with Crippen molar-refractivity contribution >= 4 is 0 Å². The molecule has 94 valence electrons. The lowest BCUT2D eigenvalue weighted by Gasteiger charge is -2.04. The fourth-order valence-electron chi connectivity index (χ4n) is 1.75. The summed E-state index contributed by atoms with van der Waals surface area (Å²) >= 11 is 0. The maximum atomic E-state index is 13.0. The quantitative estimate of drug-likeness (QED) is 0.889. The molecule has 18 heavy (non-hydrogen) atoms. The normalized spacial score (nSPS) is 10.6. The molecule has 2 aromatic rings. The molecular formula is C13H15FN4. The zero-order valence-electron chi connectivity index (χ0n) is 10.2. The largest absolute Gasteiger partial charge is 0.324 e. The van der Waals surface area contributed by atoms with Gasteiger partial charge in [-0.3, -0.25) is 0 Å². The molecule has 0 spiro atoms. The number of nitrogens with two attached hydrogens (primary N) is 1. The Balaban J connectivity index is 2.08. The van der Waals surface area contributed by atoms with Crippen molar-refractivity contribution in [2.45, 2.75) is 26.3 Å². The van der Waals surface area contributed by atoms with Gasteiger partial charge in [-0.15, -0.1) is 0 Å². The van der Waals surface area contributed by atoms with E-state index in [9.17, 15) is 4.39 Å². The van der Waals surface area contributed by atoms with Crippen molar-refractivity contribution in [2.24, 2.45) is 5.73 Å². The number of rotatable bonds is 4. The molecule has 0 unspecified atom stereocenters. The number of benzene rings is 1. The minimum absolute atomic E-state index is 0.220. The van der Waals surface area contributed by atoms with Crippen LogP contribution >= 0.6 is 0 Å². The summed E-state index contributed by atoms with van der Waals surface area (Å²) in [7, 11) is 0. The summed E-state index contributed by atoms with van der Waals surface area (Å²) in [6, 6.07) is 6.55. The van der Waals surface area contributed by atoms with E-state index in [1.807, 2.05) is 13.0 Å². The number of aromatic nitrogens is 3. The van der Waals surface area contributed by atoms with Crippen molar-refractivity contribution < 1.29 is 4.39 Å². The van der Waals surface area contributed by atoms with Gasteiger partial charge in [0.05, 0.1) is 6.54 Å². The van der Waals surface area contributed by atoms with Crippen LogP contribution in [0.5, 0.6) is 0 Å². The highest BCUT2D eigenvalue weighted by Gasteiger charge is 2.03. The molecule has 0 bridgehead atoms. The first-order chi connectivity index (χ1) is 8.67. The maximum absolute atomic E-state index is 13.0. The molecule has 1 aromatic heterocycles. The Morgan fingerprint density at radius 2 is 1.89 bits per heavy atom. The molecule has 5 heteroatoms. The lowest BCUT2D eigenvalue weighted by molar-refractivity contribution is 0.624. The molecule has 0 saturated heterocycles. The van der Waals surface area contributed by atoms with Crippen LogP contribution in [0.15, 0.2) is 24.3 Å². The van der Waals surface area contributed by atoms with E-state index in [2.05, 4.69) is 15.0 Å². The van der Waals surface area contributed by atoms with Gasteiger partial charge in [0, 0.05) is 6.42 Å². The highest BCUT2D eigenvalue weighted by molar-refractivity contribution is 5.17. The third-order valence-electron chi connectivity index (χ3n) is 2.55. The van der Waals surface area contributed by atoms with Gasteiger partial charge < -0.3 is 5.73 Å². The minimum atomic E-state index is -0.220. The molecule has 0 radical (unpaired) electrons. The van der Waals surface area contributed by atoms with E-state index in [0.717, 1.165) is 5.56 Å². The smallest absolute Gasteiger partial charge is 0.146 e.